The van der Waals surface area contributed by atoms with Gasteiger partial charge in [0, 0.05) is 21.6 Å². The largest absolute Gasteiger partial charge is 0.357 e. The second-order valence-electron chi connectivity index (χ2n) is 4.49. The molecule has 2 aromatic rings. The molecule has 88 valence electrons. The number of fused-ring (bicyclic) bond motifs is 3. The lowest BCUT2D eigenvalue weighted by molar-refractivity contribution is 0.502. The molecule has 0 spiro atoms. The van der Waals surface area contributed by atoms with Gasteiger partial charge in [-0.3, -0.25) is 0 Å². The number of aromatic amines is 1. The number of H-pyrrole nitrogens is 1. The zero-order chi connectivity index (χ0) is 11.8. The van der Waals surface area contributed by atoms with Crippen LogP contribution in [0.2, 0.25) is 5.02 Å². The smallest absolute Gasteiger partial charge is 0.0510 e. The van der Waals surface area contributed by atoms with Gasteiger partial charge in [0.05, 0.1) is 6.04 Å². The van der Waals surface area contributed by atoms with Crippen molar-refractivity contribution >= 4 is 22.5 Å². The van der Waals surface area contributed by atoms with Crippen LogP contribution in [-0.2, 0) is 6.42 Å². The molecule has 2 nitrogen and oxygen atoms in total. The normalized spacial score (nSPS) is 19.2. The topological polar surface area (TPSA) is 27.8 Å². The summed E-state index contributed by atoms with van der Waals surface area (Å²) >= 11 is 6.07. The van der Waals surface area contributed by atoms with E-state index in [1.165, 1.54) is 22.2 Å². The molecule has 1 aromatic carbocycles. The third-order valence-electron chi connectivity index (χ3n) is 3.42. The molecule has 1 aliphatic rings. The Kier molecular flexibility index (Phi) is 2.69. The van der Waals surface area contributed by atoms with Crippen molar-refractivity contribution in [2.24, 2.45) is 0 Å². The number of aromatic nitrogens is 1. The average Bonchev–Trinajstić information content (AvgIpc) is 2.69. The lowest BCUT2D eigenvalue weighted by atomic mass is 9.97. The fourth-order valence-electron chi connectivity index (χ4n) is 2.65. The summed E-state index contributed by atoms with van der Waals surface area (Å²) in [7, 11) is 0. The highest BCUT2D eigenvalue weighted by molar-refractivity contribution is 6.31. The van der Waals surface area contributed by atoms with Crippen molar-refractivity contribution < 1.29 is 0 Å². The summed E-state index contributed by atoms with van der Waals surface area (Å²) in [4.78, 5) is 3.51. The monoisotopic (exact) mass is 246 g/mol. The quantitative estimate of drug-likeness (QED) is 0.779. The molecular formula is C14H15ClN2. The highest BCUT2D eigenvalue weighted by Gasteiger charge is 2.22. The van der Waals surface area contributed by atoms with Crippen LogP contribution in [0.3, 0.4) is 0 Å². The van der Waals surface area contributed by atoms with Crippen LogP contribution < -0.4 is 5.32 Å². The van der Waals surface area contributed by atoms with Gasteiger partial charge in [0.25, 0.3) is 0 Å². The number of rotatable bonds is 2. The van der Waals surface area contributed by atoms with E-state index in [2.05, 4.69) is 29.0 Å². The first kappa shape index (κ1) is 10.9. The highest BCUT2D eigenvalue weighted by Crippen LogP contribution is 2.32. The highest BCUT2D eigenvalue weighted by atomic mass is 35.5. The molecule has 2 heterocycles. The van der Waals surface area contributed by atoms with Gasteiger partial charge in [-0.25, -0.2) is 0 Å². The number of benzene rings is 1. The van der Waals surface area contributed by atoms with Crippen LogP contribution in [0.1, 0.15) is 23.7 Å². The van der Waals surface area contributed by atoms with Crippen molar-refractivity contribution in [1.29, 1.82) is 0 Å². The number of nitrogens with one attached hydrogen (secondary N) is 2. The standard InChI is InChI=1S/C14H15ClN2/c1-2-3-13-14-10(6-7-16-13)11-8-9(15)4-5-12(11)17-14/h2,4-5,8,13,16-17H,1,3,6-7H2. The van der Waals surface area contributed by atoms with Crippen molar-refractivity contribution in [1.82, 2.24) is 10.3 Å². The predicted octanol–water partition coefficient (Wildman–Crippen LogP) is 3.58. The molecule has 0 fully saturated rings. The number of hydrogen-bond acceptors (Lipinski definition) is 1. The van der Waals surface area contributed by atoms with Gasteiger partial charge in [-0.1, -0.05) is 17.7 Å². The maximum absolute atomic E-state index is 6.07. The third kappa shape index (κ3) is 1.78. The molecule has 0 amide bonds. The van der Waals surface area contributed by atoms with E-state index in [0.29, 0.717) is 6.04 Å². The van der Waals surface area contributed by atoms with Gasteiger partial charge in [-0.15, -0.1) is 6.58 Å². The van der Waals surface area contributed by atoms with Crippen LogP contribution in [-0.4, -0.2) is 11.5 Å². The van der Waals surface area contributed by atoms with E-state index >= 15 is 0 Å². The Labute approximate surface area is 106 Å². The Hall–Kier alpha value is -1.25. The van der Waals surface area contributed by atoms with E-state index in [0.717, 1.165) is 24.4 Å². The Bertz CT molecular complexity index is 571. The van der Waals surface area contributed by atoms with Gasteiger partial charge in [0.1, 0.15) is 0 Å². The summed E-state index contributed by atoms with van der Waals surface area (Å²) in [6, 6.07) is 6.41. The van der Waals surface area contributed by atoms with Crippen LogP contribution >= 0.6 is 11.6 Å². The molecule has 0 saturated carbocycles. The second-order valence-corrected chi connectivity index (χ2v) is 4.92. The van der Waals surface area contributed by atoms with E-state index in [1.54, 1.807) is 0 Å². The van der Waals surface area contributed by atoms with Gasteiger partial charge < -0.3 is 10.3 Å². The van der Waals surface area contributed by atoms with E-state index in [9.17, 15) is 0 Å². The summed E-state index contributed by atoms with van der Waals surface area (Å²) in [6.07, 6.45) is 3.97. The zero-order valence-electron chi connectivity index (χ0n) is 9.59. The molecule has 0 aliphatic carbocycles. The van der Waals surface area contributed by atoms with Gasteiger partial charge in [-0.05, 0) is 43.1 Å². The molecule has 2 N–H and O–H groups in total. The molecular weight excluding hydrogens is 232 g/mol. The summed E-state index contributed by atoms with van der Waals surface area (Å²) in [5.74, 6) is 0. The van der Waals surface area contributed by atoms with Crippen molar-refractivity contribution in [2.45, 2.75) is 18.9 Å². The Balaban J connectivity index is 2.18. The van der Waals surface area contributed by atoms with Crippen LogP contribution in [0.5, 0.6) is 0 Å². The van der Waals surface area contributed by atoms with Crippen LogP contribution in [0.4, 0.5) is 0 Å². The average molecular weight is 247 g/mol. The molecule has 3 heteroatoms. The predicted molar refractivity (Wildman–Crippen MR) is 72.6 cm³/mol. The lowest BCUT2D eigenvalue weighted by Crippen LogP contribution is -2.29. The van der Waals surface area contributed by atoms with Crippen molar-refractivity contribution in [2.75, 3.05) is 6.54 Å². The van der Waals surface area contributed by atoms with Gasteiger partial charge in [0.15, 0.2) is 0 Å². The van der Waals surface area contributed by atoms with Crippen LogP contribution in [0.25, 0.3) is 10.9 Å². The van der Waals surface area contributed by atoms with E-state index < -0.39 is 0 Å². The molecule has 0 bridgehead atoms. The Morgan fingerprint density at radius 3 is 3.18 bits per heavy atom. The summed E-state index contributed by atoms with van der Waals surface area (Å²) in [5.41, 5.74) is 3.89. The zero-order valence-corrected chi connectivity index (χ0v) is 10.3. The summed E-state index contributed by atoms with van der Waals surface area (Å²) in [6.45, 7) is 4.84. The van der Waals surface area contributed by atoms with E-state index in [-0.39, 0.29) is 0 Å². The minimum atomic E-state index is 0.363. The number of hydrogen-bond donors (Lipinski definition) is 2. The van der Waals surface area contributed by atoms with Crippen LogP contribution in [0, 0.1) is 0 Å². The number of halogens is 1. The molecule has 3 rings (SSSR count). The molecule has 1 unspecified atom stereocenters. The molecule has 17 heavy (non-hydrogen) atoms. The first-order valence-electron chi connectivity index (χ1n) is 5.94. The van der Waals surface area contributed by atoms with Crippen molar-refractivity contribution in [3.05, 3.63) is 47.1 Å². The minimum absolute atomic E-state index is 0.363. The fourth-order valence-corrected chi connectivity index (χ4v) is 2.82. The molecule has 0 saturated heterocycles. The van der Waals surface area contributed by atoms with Gasteiger partial charge in [0.2, 0.25) is 0 Å². The second kappa shape index (κ2) is 4.21. The molecule has 1 atom stereocenters. The third-order valence-corrected chi connectivity index (χ3v) is 3.65. The van der Waals surface area contributed by atoms with Gasteiger partial charge in [-0.2, -0.15) is 0 Å². The first-order valence-corrected chi connectivity index (χ1v) is 6.31. The summed E-state index contributed by atoms with van der Waals surface area (Å²) < 4.78 is 0. The summed E-state index contributed by atoms with van der Waals surface area (Å²) in [5, 5.41) is 5.59. The first-order chi connectivity index (χ1) is 8.29. The maximum Gasteiger partial charge on any atom is 0.0510 e. The van der Waals surface area contributed by atoms with Crippen LogP contribution in [0.15, 0.2) is 30.9 Å². The Morgan fingerprint density at radius 1 is 1.47 bits per heavy atom. The van der Waals surface area contributed by atoms with E-state index in [1.807, 2.05) is 12.1 Å². The molecule has 1 aromatic heterocycles. The fraction of sp³-hybridized carbons (Fsp3) is 0.286. The van der Waals surface area contributed by atoms with Gasteiger partial charge >= 0.3 is 0 Å². The van der Waals surface area contributed by atoms with Crippen molar-refractivity contribution in [3.63, 3.8) is 0 Å². The lowest BCUT2D eigenvalue weighted by Gasteiger charge is -2.23. The van der Waals surface area contributed by atoms with E-state index in [4.69, 9.17) is 11.6 Å². The Morgan fingerprint density at radius 2 is 2.35 bits per heavy atom. The SMILES string of the molecule is C=CCC1NCCc2c1[nH]c1ccc(Cl)cc21. The van der Waals surface area contributed by atoms with Crippen molar-refractivity contribution in [3.8, 4) is 0 Å². The molecule has 0 radical (unpaired) electrons. The molecule has 1 aliphatic heterocycles. The minimum Gasteiger partial charge on any atom is -0.357 e. The maximum atomic E-state index is 6.07.